The number of benzene rings is 1. The second-order valence-electron chi connectivity index (χ2n) is 5.40. The van der Waals surface area contributed by atoms with Crippen molar-refractivity contribution in [1.82, 2.24) is 4.57 Å². The number of hydrogen-bond donors (Lipinski definition) is 0. The fraction of sp³-hybridized carbons (Fsp3) is 0.389. The molecule has 1 aromatic carbocycles. The minimum absolute atomic E-state index is 0.218. The molecule has 0 saturated heterocycles. The SMILES string of the molecule is CCC(CC)n1c(C)c(C(=O)OC)c2c(C#N)c(C#N)ccc21. The average Bonchev–Trinajstić information content (AvgIpc) is 2.87. The summed E-state index contributed by atoms with van der Waals surface area (Å²) >= 11 is 0. The zero-order valence-corrected chi connectivity index (χ0v) is 13.8. The number of aromatic nitrogens is 1. The molecule has 0 N–H and O–H groups in total. The van der Waals surface area contributed by atoms with E-state index in [1.807, 2.05) is 19.1 Å². The molecular weight excluding hydrogens is 290 g/mol. The lowest BCUT2D eigenvalue weighted by Gasteiger charge is -2.19. The van der Waals surface area contributed by atoms with Gasteiger partial charge in [0.15, 0.2) is 0 Å². The van der Waals surface area contributed by atoms with Crippen molar-refractivity contribution in [2.75, 3.05) is 7.11 Å². The highest BCUT2D eigenvalue weighted by molar-refractivity contribution is 6.08. The van der Waals surface area contributed by atoms with Crippen LogP contribution >= 0.6 is 0 Å². The highest BCUT2D eigenvalue weighted by Crippen LogP contribution is 2.35. The fourth-order valence-electron chi connectivity index (χ4n) is 3.21. The highest BCUT2D eigenvalue weighted by Gasteiger charge is 2.26. The van der Waals surface area contributed by atoms with E-state index in [0.29, 0.717) is 10.9 Å². The van der Waals surface area contributed by atoms with Crippen molar-refractivity contribution in [2.45, 2.75) is 39.7 Å². The summed E-state index contributed by atoms with van der Waals surface area (Å²) in [5.41, 5.74) is 2.45. The van der Waals surface area contributed by atoms with Crippen molar-refractivity contribution in [3.63, 3.8) is 0 Å². The molecule has 2 aromatic rings. The van der Waals surface area contributed by atoms with Crippen LogP contribution in [0.15, 0.2) is 12.1 Å². The molecule has 23 heavy (non-hydrogen) atoms. The van der Waals surface area contributed by atoms with E-state index in [0.717, 1.165) is 24.1 Å². The van der Waals surface area contributed by atoms with E-state index >= 15 is 0 Å². The zero-order valence-electron chi connectivity index (χ0n) is 13.8. The summed E-state index contributed by atoms with van der Waals surface area (Å²) < 4.78 is 7.00. The van der Waals surface area contributed by atoms with Crippen molar-refractivity contribution < 1.29 is 9.53 Å². The maximum atomic E-state index is 12.3. The molecule has 2 rings (SSSR count). The Hall–Kier alpha value is -2.79. The fourth-order valence-corrected chi connectivity index (χ4v) is 3.21. The van der Waals surface area contributed by atoms with Gasteiger partial charge in [-0.15, -0.1) is 0 Å². The van der Waals surface area contributed by atoms with Gasteiger partial charge in [-0.25, -0.2) is 4.79 Å². The highest BCUT2D eigenvalue weighted by atomic mass is 16.5. The molecule has 0 bridgehead atoms. The van der Waals surface area contributed by atoms with E-state index in [2.05, 4.69) is 24.5 Å². The molecule has 5 heteroatoms. The van der Waals surface area contributed by atoms with Crippen LogP contribution in [0.4, 0.5) is 0 Å². The van der Waals surface area contributed by atoms with Crippen molar-refractivity contribution in [1.29, 1.82) is 10.5 Å². The van der Waals surface area contributed by atoms with Gasteiger partial charge in [0.1, 0.15) is 12.1 Å². The molecule has 0 aliphatic carbocycles. The van der Waals surface area contributed by atoms with E-state index in [4.69, 9.17) is 4.74 Å². The molecule has 0 atom stereocenters. The summed E-state index contributed by atoms with van der Waals surface area (Å²) in [5.74, 6) is -0.483. The van der Waals surface area contributed by atoms with Crippen LogP contribution in [0.1, 0.15) is 59.9 Å². The van der Waals surface area contributed by atoms with Gasteiger partial charge in [-0.3, -0.25) is 0 Å². The summed E-state index contributed by atoms with van der Waals surface area (Å²) in [5, 5.41) is 19.3. The third kappa shape index (κ3) is 2.45. The molecule has 0 aliphatic rings. The first kappa shape index (κ1) is 16.6. The van der Waals surface area contributed by atoms with E-state index in [1.54, 1.807) is 6.07 Å². The third-order valence-corrected chi connectivity index (χ3v) is 4.35. The topological polar surface area (TPSA) is 78.8 Å². The van der Waals surface area contributed by atoms with Crippen molar-refractivity contribution >= 4 is 16.9 Å². The Morgan fingerprint density at radius 2 is 1.91 bits per heavy atom. The lowest BCUT2D eigenvalue weighted by atomic mass is 10.0. The largest absolute Gasteiger partial charge is 0.465 e. The van der Waals surface area contributed by atoms with Gasteiger partial charge in [-0.1, -0.05) is 13.8 Å². The van der Waals surface area contributed by atoms with Gasteiger partial charge in [0.25, 0.3) is 0 Å². The van der Waals surface area contributed by atoms with E-state index < -0.39 is 5.97 Å². The Morgan fingerprint density at radius 3 is 2.39 bits per heavy atom. The smallest absolute Gasteiger partial charge is 0.340 e. The molecule has 1 aromatic heterocycles. The van der Waals surface area contributed by atoms with Crippen molar-refractivity contribution in [3.05, 3.63) is 34.5 Å². The Balaban J connectivity index is 3.03. The zero-order chi connectivity index (χ0) is 17.1. The number of hydrogen-bond acceptors (Lipinski definition) is 4. The lowest BCUT2D eigenvalue weighted by Crippen LogP contribution is -2.10. The van der Waals surface area contributed by atoms with E-state index in [9.17, 15) is 15.3 Å². The van der Waals surface area contributed by atoms with Crippen LogP contribution in [-0.2, 0) is 4.74 Å². The van der Waals surface area contributed by atoms with Crippen LogP contribution in [0.2, 0.25) is 0 Å². The molecule has 5 nitrogen and oxygen atoms in total. The predicted molar refractivity (Wildman–Crippen MR) is 87.1 cm³/mol. The van der Waals surface area contributed by atoms with Crippen LogP contribution < -0.4 is 0 Å². The van der Waals surface area contributed by atoms with E-state index in [1.165, 1.54) is 7.11 Å². The van der Waals surface area contributed by atoms with Crippen LogP contribution in [0.25, 0.3) is 10.9 Å². The number of rotatable bonds is 4. The molecule has 0 fully saturated rings. The van der Waals surface area contributed by atoms with Crippen molar-refractivity contribution in [3.8, 4) is 12.1 Å². The van der Waals surface area contributed by atoms with Gasteiger partial charge < -0.3 is 9.30 Å². The van der Waals surface area contributed by atoms with Crippen LogP contribution in [0.5, 0.6) is 0 Å². The number of methoxy groups -OCH3 is 1. The lowest BCUT2D eigenvalue weighted by molar-refractivity contribution is 0.0601. The number of nitrogens with zero attached hydrogens (tertiary/aromatic N) is 3. The predicted octanol–water partition coefficient (Wildman–Crippen LogP) is 3.84. The second kappa shape index (κ2) is 6.54. The number of nitriles is 2. The third-order valence-electron chi connectivity index (χ3n) is 4.35. The Labute approximate surface area is 135 Å². The van der Waals surface area contributed by atoms with Gasteiger partial charge in [0, 0.05) is 17.1 Å². The normalized spacial score (nSPS) is 10.6. The second-order valence-corrected chi connectivity index (χ2v) is 5.40. The molecule has 0 radical (unpaired) electrons. The van der Waals surface area contributed by atoms with E-state index in [-0.39, 0.29) is 17.2 Å². The summed E-state index contributed by atoms with van der Waals surface area (Å²) in [6.45, 7) is 6.04. The molecule has 118 valence electrons. The number of carbonyl (C=O) groups excluding carboxylic acids is 1. The number of ether oxygens (including phenoxy) is 1. The summed E-state index contributed by atoms with van der Waals surface area (Å²) in [6.07, 6.45) is 1.81. The van der Waals surface area contributed by atoms with Crippen molar-refractivity contribution in [2.24, 2.45) is 0 Å². The average molecular weight is 309 g/mol. The number of fused-ring (bicyclic) bond motifs is 1. The first-order valence-electron chi connectivity index (χ1n) is 7.61. The first-order valence-corrected chi connectivity index (χ1v) is 7.61. The molecule has 0 unspecified atom stereocenters. The molecule has 1 heterocycles. The minimum Gasteiger partial charge on any atom is -0.465 e. The van der Waals surface area contributed by atoms with Gasteiger partial charge in [-0.05, 0) is 31.9 Å². The van der Waals surface area contributed by atoms with Gasteiger partial charge in [0.05, 0.1) is 29.3 Å². The molecule has 0 spiro atoms. The van der Waals surface area contributed by atoms with Crippen LogP contribution in [0.3, 0.4) is 0 Å². The standard InChI is InChI=1S/C18H19N3O2/c1-5-13(6-2)21-11(3)16(18(22)23-4)17-14(10-20)12(9-19)7-8-15(17)21/h7-8,13H,5-6H2,1-4H3. The van der Waals surface area contributed by atoms with Gasteiger partial charge in [0.2, 0.25) is 0 Å². The van der Waals surface area contributed by atoms with Gasteiger partial charge in [-0.2, -0.15) is 10.5 Å². The molecule has 0 saturated carbocycles. The summed E-state index contributed by atoms with van der Waals surface area (Å²) in [6, 6.07) is 7.77. The molecule has 0 aliphatic heterocycles. The van der Waals surface area contributed by atoms with Crippen LogP contribution in [-0.4, -0.2) is 17.6 Å². The summed E-state index contributed by atoms with van der Waals surface area (Å²) in [7, 11) is 1.32. The maximum Gasteiger partial charge on any atom is 0.340 e. The molecule has 0 amide bonds. The van der Waals surface area contributed by atoms with Crippen LogP contribution in [0, 0.1) is 29.6 Å². The number of carbonyl (C=O) groups is 1. The first-order chi connectivity index (χ1) is 11.0. The Morgan fingerprint density at radius 1 is 1.26 bits per heavy atom. The number of esters is 1. The molecular formula is C18H19N3O2. The quantitative estimate of drug-likeness (QED) is 0.804. The minimum atomic E-state index is -0.483. The monoisotopic (exact) mass is 309 g/mol. The Kier molecular flexibility index (Phi) is 4.71. The Bertz CT molecular complexity index is 846. The summed E-state index contributed by atoms with van der Waals surface area (Å²) in [4.78, 5) is 12.3. The van der Waals surface area contributed by atoms with Gasteiger partial charge >= 0.3 is 5.97 Å². The maximum absolute atomic E-state index is 12.3.